The number of hydrogen-bond acceptors (Lipinski definition) is 7. The zero-order valence-electron chi connectivity index (χ0n) is 13.5. The number of para-hydroxylation sites is 1. The van der Waals surface area contributed by atoms with Gasteiger partial charge < -0.3 is 20.1 Å². The summed E-state index contributed by atoms with van der Waals surface area (Å²) < 4.78 is 10.4. The van der Waals surface area contributed by atoms with Crippen molar-refractivity contribution in [2.75, 3.05) is 30.9 Å². The van der Waals surface area contributed by atoms with Crippen molar-refractivity contribution in [3.63, 3.8) is 0 Å². The Morgan fingerprint density at radius 3 is 2.96 bits per heavy atom. The molecule has 1 aliphatic heterocycles. The predicted octanol–water partition coefficient (Wildman–Crippen LogP) is 2.60. The maximum Gasteiger partial charge on any atom is 0.339 e. The third-order valence-electron chi connectivity index (χ3n) is 3.80. The van der Waals surface area contributed by atoms with Crippen molar-refractivity contribution in [3.8, 4) is 0 Å². The van der Waals surface area contributed by atoms with Crippen LogP contribution in [0.2, 0.25) is 0 Å². The molecule has 2 N–H and O–H groups in total. The average molecular weight is 328 g/mol. The molecule has 1 fully saturated rings. The fraction of sp³-hybridized carbons (Fsp3) is 0.353. The van der Waals surface area contributed by atoms with Crippen molar-refractivity contribution >= 4 is 23.3 Å². The van der Waals surface area contributed by atoms with Crippen molar-refractivity contribution in [1.29, 1.82) is 0 Å². The molecule has 0 bridgehead atoms. The van der Waals surface area contributed by atoms with Gasteiger partial charge in [-0.3, -0.25) is 0 Å². The first kappa shape index (κ1) is 16.2. The summed E-state index contributed by atoms with van der Waals surface area (Å²) in [5.74, 6) is 0.902. The number of anilines is 3. The lowest BCUT2D eigenvalue weighted by atomic mass is 10.2. The SMILES string of the molecule is COC(=O)c1ccccc1Nc1cc(NCC2CCCO2)ncn1. The van der Waals surface area contributed by atoms with Crippen LogP contribution in [0.25, 0.3) is 0 Å². The monoisotopic (exact) mass is 328 g/mol. The third-order valence-corrected chi connectivity index (χ3v) is 3.80. The van der Waals surface area contributed by atoms with Gasteiger partial charge in [-0.15, -0.1) is 0 Å². The van der Waals surface area contributed by atoms with Crippen molar-refractivity contribution in [1.82, 2.24) is 9.97 Å². The number of carbonyl (C=O) groups is 1. The largest absolute Gasteiger partial charge is 0.465 e. The summed E-state index contributed by atoms with van der Waals surface area (Å²) in [5.41, 5.74) is 1.08. The lowest BCUT2D eigenvalue weighted by molar-refractivity contribution is 0.0602. The Hall–Kier alpha value is -2.67. The first-order valence-electron chi connectivity index (χ1n) is 7.88. The molecular weight excluding hydrogens is 308 g/mol. The van der Waals surface area contributed by atoms with E-state index in [9.17, 15) is 4.79 Å². The van der Waals surface area contributed by atoms with E-state index in [1.165, 1.54) is 13.4 Å². The molecule has 24 heavy (non-hydrogen) atoms. The van der Waals surface area contributed by atoms with E-state index < -0.39 is 5.97 Å². The summed E-state index contributed by atoms with van der Waals surface area (Å²) in [6.07, 6.45) is 3.88. The highest BCUT2D eigenvalue weighted by molar-refractivity contribution is 5.96. The zero-order chi connectivity index (χ0) is 16.8. The minimum Gasteiger partial charge on any atom is -0.465 e. The topological polar surface area (TPSA) is 85.4 Å². The molecular formula is C17H20N4O3. The van der Waals surface area contributed by atoms with Crippen molar-refractivity contribution in [2.24, 2.45) is 0 Å². The number of esters is 1. The molecule has 0 saturated carbocycles. The van der Waals surface area contributed by atoms with Gasteiger partial charge in [0, 0.05) is 19.2 Å². The van der Waals surface area contributed by atoms with Crippen molar-refractivity contribution < 1.29 is 14.3 Å². The van der Waals surface area contributed by atoms with Gasteiger partial charge >= 0.3 is 5.97 Å². The fourth-order valence-electron chi connectivity index (χ4n) is 2.56. The molecule has 1 aromatic heterocycles. The van der Waals surface area contributed by atoms with Crippen LogP contribution >= 0.6 is 0 Å². The molecule has 2 aromatic rings. The van der Waals surface area contributed by atoms with Crippen LogP contribution in [0.3, 0.4) is 0 Å². The van der Waals surface area contributed by atoms with Gasteiger partial charge in [-0.2, -0.15) is 0 Å². The van der Waals surface area contributed by atoms with E-state index in [2.05, 4.69) is 20.6 Å². The van der Waals surface area contributed by atoms with E-state index in [-0.39, 0.29) is 6.10 Å². The lowest BCUT2D eigenvalue weighted by Crippen LogP contribution is -2.19. The molecule has 2 heterocycles. The van der Waals surface area contributed by atoms with Crippen LogP contribution in [0.4, 0.5) is 17.3 Å². The number of aromatic nitrogens is 2. The highest BCUT2D eigenvalue weighted by Crippen LogP contribution is 2.21. The molecule has 1 aromatic carbocycles. The summed E-state index contributed by atoms with van der Waals surface area (Å²) in [4.78, 5) is 20.2. The Morgan fingerprint density at radius 1 is 1.33 bits per heavy atom. The summed E-state index contributed by atoms with van der Waals surface area (Å²) in [6.45, 7) is 1.54. The average Bonchev–Trinajstić information content (AvgIpc) is 3.14. The van der Waals surface area contributed by atoms with Crippen LogP contribution in [0.1, 0.15) is 23.2 Å². The summed E-state index contributed by atoms with van der Waals surface area (Å²) in [5, 5.41) is 6.39. The number of rotatable bonds is 6. The number of carbonyl (C=O) groups excluding carboxylic acids is 1. The zero-order valence-corrected chi connectivity index (χ0v) is 13.5. The van der Waals surface area contributed by atoms with Gasteiger partial charge in [0.1, 0.15) is 18.0 Å². The molecule has 0 amide bonds. The molecule has 7 nitrogen and oxygen atoms in total. The van der Waals surface area contributed by atoms with Crippen LogP contribution < -0.4 is 10.6 Å². The lowest BCUT2D eigenvalue weighted by Gasteiger charge is -2.13. The molecule has 1 unspecified atom stereocenters. The van der Waals surface area contributed by atoms with Crippen LogP contribution in [-0.4, -0.2) is 42.3 Å². The Kier molecular flexibility index (Phi) is 5.22. The number of methoxy groups -OCH3 is 1. The molecule has 0 aliphatic carbocycles. The van der Waals surface area contributed by atoms with Gasteiger partial charge in [0.15, 0.2) is 0 Å². The smallest absolute Gasteiger partial charge is 0.339 e. The van der Waals surface area contributed by atoms with E-state index in [0.29, 0.717) is 22.9 Å². The third kappa shape index (κ3) is 3.99. The number of hydrogen-bond donors (Lipinski definition) is 2. The van der Waals surface area contributed by atoms with E-state index in [1.54, 1.807) is 24.3 Å². The molecule has 1 saturated heterocycles. The first-order valence-corrected chi connectivity index (χ1v) is 7.88. The highest BCUT2D eigenvalue weighted by atomic mass is 16.5. The Balaban J connectivity index is 1.69. The van der Waals surface area contributed by atoms with E-state index in [4.69, 9.17) is 9.47 Å². The highest BCUT2D eigenvalue weighted by Gasteiger charge is 2.15. The second-order valence-electron chi connectivity index (χ2n) is 5.47. The van der Waals surface area contributed by atoms with E-state index in [0.717, 1.165) is 26.0 Å². The maximum absolute atomic E-state index is 11.8. The number of nitrogens with zero attached hydrogens (tertiary/aromatic N) is 2. The summed E-state index contributed by atoms with van der Waals surface area (Å²) in [6, 6.07) is 8.92. The Bertz CT molecular complexity index is 702. The maximum atomic E-state index is 11.8. The second kappa shape index (κ2) is 7.74. The number of nitrogens with one attached hydrogen (secondary N) is 2. The standard InChI is InChI=1S/C17H20N4O3/c1-23-17(22)13-6-2-3-7-14(13)21-16-9-15(19-11-20-16)18-10-12-5-4-8-24-12/h2-3,6-7,9,11-12H,4-5,8,10H2,1H3,(H2,18,19,20,21). The molecule has 0 radical (unpaired) electrons. The summed E-state index contributed by atoms with van der Waals surface area (Å²) in [7, 11) is 1.36. The Morgan fingerprint density at radius 2 is 2.17 bits per heavy atom. The van der Waals surface area contributed by atoms with Crippen LogP contribution in [0, 0.1) is 0 Å². The van der Waals surface area contributed by atoms with Crippen molar-refractivity contribution in [2.45, 2.75) is 18.9 Å². The van der Waals surface area contributed by atoms with Gasteiger partial charge in [0.25, 0.3) is 0 Å². The fourth-order valence-corrected chi connectivity index (χ4v) is 2.56. The molecule has 3 rings (SSSR count). The summed E-state index contributed by atoms with van der Waals surface area (Å²) >= 11 is 0. The van der Waals surface area contributed by atoms with E-state index in [1.807, 2.05) is 6.07 Å². The van der Waals surface area contributed by atoms with E-state index >= 15 is 0 Å². The minimum atomic E-state index is -0.399. The van der Waals surface area contributed by atoms with Crippen molar-refractivity contribution in [3.05, 3.63) is 42.2 Å². The first-order chi connectivity index (χ1) is 11.8. The second-order valence-corrected chi connectivity index (χ2v) is 5.47. The van der Waals surface area contributed by atoms with Gasteiger partial charge in [-0.05, 0) is 25.0 Å². The molecule has 1 aliphatic rings. The van der Waals surface area contributed by atoms with Gasteiger partial charge in [0.05, 0.1) is 24.5 Å². The number of benzene rings is 1. The van der Waals surface area contributed by atoms with Gasteiger partial charge in [0.2, 0.25) is 0 Å². The quantitative estimate of drug-likeness (QED) is 0.788. The molecule has 1 atom stereocenters. The minimum absolute atomic E-state index is 0.233. The number of ether oxygens (including phenoxy) is 2. The normalized spacial score (nSPS) is 16.6. The van der Waals surface area contributed by atoms with Crippen LogP contribution in [0.15, 0.2) is 36.7 Å². The van der Waals surface area contributed by atoms with Crippen LogP contribution in [-0.2, 0) is 9.47 Å². The predicted molar refractivity (Wildman–Crippen MR) is 90.6 cm³/mol. The molecule has 0 spiro atoms. The van der Waals surface area contributed by atoms with Gasteiger partial charge in [-0.1, -0.05) is 12.1 Å². The molecule has 7 heteroatoms. The Labute approximate surface area is 140 Å². The molecule has 126 valence electrons. The van der Waals surface area contributed by atoms with Gasteiger partial charge in [-0.25, -0.2) is 14.8 Å². The van der Waals surface area contributed by atoms with Crippen LogP contribution in [0.5, 0.6) is 0 Å².